The van der Waals surface area contributed by atoms with Gasteiger partial charge < -0.3 is 9.25 Å². The van der Waals surface area contributed by atoms with Crippen molar-refractivity contribution in [2.45, 2.75) is 13.3 Å². The molecule has 0 spiro atoms. The van der Waals surface area contributed by atoms with E-state index in [0.29, 0.717) is 24.8 Å². The van der Waals surface area contributed by atoms with Crippen molar-refractivity contribution < 1.29 is 9.25 Å². The van der Waals surface area contributed by atoms with Gasteiger partial charge in [-0.05, 0) is 24.6 Å². The third-order valence-corrected chi connectivity index (χ3v) is 3.29. The van der Waals surface area contributed by atoms with Gasteiger partial charge in [0.05, 0.1) is 12.1 Å². The second-order valence-electron chi connectivity index (χ2n) is 4.99. The summed E-state index contributed by atoms with van der Waals surface area (Å²) in [4.78, 5) is 5.33. The highest BCUT2D eigenvalue weighted by Crippen LogP contribution is 2.17. The molecule has 3 aromatic rings. The van der Waals surface area contributed by atoms with Crippen LogP contribution in [0.3, 0.4) is 0 Å². The molecule has 0 aliphatic rings. The first-order valence-electron chi connectivity index (χ1n) is 7.43. The van der Waals surface area contributed by atoms with Gasteiger partial charge >= 0.3 is 0 Å². The monoisotopic (exact) mass is 307 g/mol. The fraction of sp³-hybridized carbons (Fsp3) is 0.167. The Balaban J connectivity index is 1.53. The molecule has 23 heavy (non-hydrogen) atoms. The predicted molar refractivity (Wildman–Crippen MR) is 88.0 cm³/mol. The average molecular weight is 307 g/mol. The van der Waals surface area contributed by atoms with Crippen molar-refractivity contribution in [3.05, 3.63) is 72.1 Å². The highest BCUT2D eigenvalue weighted by molar-refractivity contribution is 5.98. The first-order chi connectivity index (χ1) is 11.3. The van der Waals surface area contributed by atoms with Gasteiger partial charge in [0, 0.05) is 5.56 Å². The van der Waals surface area contributed by atoms with Crippen LogP contribution in [-0.4, -0.2) is 22.5 Å². The molecule has 3 rings (SSSR count). The van der Waals surface area contributed by atoms with Crippen LogP contribution < -0.4 is 0 Å². The summed E-state index contributed by atoms with van der Waals surface area (Å²) in [5, 5.41) is 12.2. The van der Waals surface area contributed by atoms with Crippen LogP contribution in [0.5, 0.6) is 0 Å². The second kappa shape index (κ2) is 7.35. The summed E-state index contributed by atoms with van der Waals surface area (Å²) in [6.07, 6.45) is 0.519. The molecule has 5 nitrogen and oxygen atoms in total. The van der Waals surface area contributed by atoms with Crippen molar-refractivity contribution in [2.75, 3.05) is 6.61 Å². The normalized spacial score (nSPS) is 11.4. The molecule has 0 aliphatic carbocycles. The lowest BCUT2D eigenvalue weighted by molar-refractivity contribution is 0.142. The molecule has 0 atom stereocenters. The van der Waals surface area contributed by atoms with Gasteiger partial charge in [-0.1, -0.05) is 53.7 Å². The summed E-state index contributed by atoms with van der Waals surface area (Å²) in [6.45, 7) is 2.30. The summed E-state index contributed by atoms with van der Waals surface area (Å²) in [5.41, 5.74) is 2.78. The Bertz CT molecular complexity index is 767. The summed E-state index contributed by atoms with van der Waals surface area (Å²) in [6, 6.07) is 19.6. The molecule has 0 fully saturated rings. The van der Waals surface area contributed by atoms with Crippen molar-refractivity contribution >= 4 is 5.71 Å². The standard InChI is InChI=1S/C18H17N3O2/c1-14(15-8-4-2-5-9-15)21-22-13-12-17-19-20-18(23-17)16-10-6-3-7-11-16/h2-11H,12-13H2,1H3/b21-14+. The minimum Gasteiger partial charge on any atom is -0.421 e. The number of aromatic nitrogens is 2. The van der Waals surface area contributed by atoms with Gasteiger partial charge in [-0.2, -0.15) is 0 Å². The van der Waals surface area contributed by atoms with Crippen LogP contribution in [0.15, 0.2) is 70.2 Å². The Morgan fingerprint density at radius 3 is 2.43 bits per heavy atom. The first-order valence-corrected chi connectivity index (χ1v) is 7.43. The SMILES string of the molecule is C/C(=N\OCCc1nnc(-c2ccccc2)o1)c1ccccc1. The Morgan fingerprint density at radius 1 is 1.00 bits per heavy atom. The van der Waals surface area contributed by atoms with Gasteiger partial charge in [0.25, 0.3) is 0 Å². The summed E-state index contributed by atoms with van der Waals surface area (Å²) < 4.78 is 5.61. The number of hydrogen-bond donors (Lipinski definition) is 0. The number of rotatable bonds is 6. The number of benzene rings is 2. The zero-order valence-corrected chi connectivity index (χ0v) is 12.8. The van der Waals surface area contributed by atoms with Gasteiger partial charge in [-0.3, -0.25) is 0 Å². The van der Waals surface area contributed by atoms with Gasteiger partial charge in [-0.15, -0.1) is 10.2 Å². The molecule has 0 radical (unpaired) electrons. The fourth-order valence-electron chi connectivity index (χ4n) is 2.06. The zero-order chi connectivity index (χ0) is 15.9. The van der Waals surface area contributed by atoms with Gasteiger partial charge in [0.2, 0.25) is 11.8 Å². The van der Waals surface area contributed by atoms with Crippen molar-refractivity contribution in [3.8, 4) is 11.5 Å². The van der Waals surface area contributed by atoms with E-state index >= 15 is 0 Å². The van der Waals surface area contributed by atoms with Crippen molar-refractivity contribution in [1.29, 1.82) is 0 Å². The summed E-state index contributed by atoms with van der Waals surface area (Å²) >= 11 is 0. The molecule has 0 N–H and O–H groups in total. The third kappa shape index (κ3) is 4.03. The molecule has 0 bridgehead atoms. The quantitative estimate of drug-likeness (QED) is 0.395. The van der Waals surface area contributed by atoms with E-state index in [1.165, 1.54) is 0 Å². The van der Waals surface area contributed by atoms with E-state index < -0.39 is 0 Å². The van der Waals surface area contributed by atoms with E-state index in [4.69, 9.17) is 9.25 Å². The Morgan fingerprint density at radius 2 is 1.70 bits per heavy atom. The van der Waals surface area contributed by atoms with E-state index in [1.807, 2.05) is 67.6 Å². The lowest BCUT2D eigenvalue weighted by atomic mass is 10.1. The maximum atomic E-state index is 5.61. The number of nitrogens with zero attached hydrogens (tertiary/aromatic N) is 3. The smallest absolute Gasteiger partial charge is 0.247 e. The van der Waals surface area contributed by atoms with E-state index in [-0.39, 0.29) is 0 Å². The Hall–Kier alpha value is -2.95. The van der Waals surface area contributed by atoms with Gasteiger partial charge in [-0.25, -0.2) is 0 Å². The maximum Gasteiger partial charge on any atom is 0.247 e. The van der Waals surface area contributed by atoms with E-state index in [1.54, 1.807) is 0 Å². The largest absolute Gasteiger partial charge is 0.421 e. The van der Waals surface area contributed by atoms with E-state index in [2.05, 4.69) is 15.4 Å². The van der Waals surface area contributed by atoms with Crippen LogP contribution in [0.1, 0.15) is 18.4 Å². The molecule has 0 unspecified atom stereocenters. The lowest BCUT2D eigenvalue weighted by Crippen LogP contribution is -1.99. The highest BCUT2D eigenvalue weighted by Gasteiger charge is 2.07. The molecule has 2 aromatic carbocycles. The van der Waals surface area contributed by atoms with Crippen LogP contribution in [-0.2, 0) is 11.3 Å². The first kappa shape index (κ1) is 15.0. The molecule has 0 amide bonds. The zero-order valence-electron chi connectivity index (χ0n) is 12.8. The topological polar surface area (TPSA) is 60.5 Å². The molecule has 1 aromatic heterocycles. The molecule has 5 heteroatoms. The molecule has 116 valence electrons. The van der Waals surface area contributed by atoms with Gasteiger partial charge in [0.15, 0.2) is 0 Å². The van der Waals surface area contributed by atoms with Crippen LogP contribution in [0.25, 0.3) is 11.5 Å². The average Bonchev–Trinajstić information content (AvgIpc) is 3.09. The molecule has 1 heterocycles. The van der Waals surface area contributed by atoms with Crippen LogP contribution in [0, 0.1) is 0 Å². The van der Waals surface area contributed by atoms with Gasteiger partial charge in [0.1, 0.15) is 6.61 Å². The predicted octanol–water partition coefficient (Wildman–Crippen LogP) is 3.72. The van der Waals surface area contributed by atoms with Crippen molar-refractivity contribution in [2.24, 2.45) is 5.16 Å². The maximum absolute atomic E-state index is 5.61. The molecule has 0 saturated heterocycles. The lowest BCUT2D eigenvalue weighted by Gasteiger charge is -2.01. The van der Waals surface area contributed by atoms with E-state index in [9.17, 15) is 0 Å². The van der Waals surface area contributed by atoms with Crippen molar-refractivity contribution in [3.63, 3.8) is 0 Å². The van der Waals surface area contributed by atoms with Crippen LogP contribution in [0.2, 0.25) is 0 Å². The molecule has 0 aliphatic heterocycles. The Kier molecular flexibility index (Phi) is 4.79. The molecular formula is C18H17N3O2. The van der Waals surface area contributed by atoms with Crippen molar-refractivity contribution in [1.82, 2.24) is 10.2 Å². The summed E-state index contributed by atoms with van der Waals surface area (Å²) in [5.74, 6) is 1.06. The third-order valence-electron chi connectivity index (χ3n) is 3.29. The molecule has 0 saturated carbocycles. The number of oxime groups is 1. The van der Waals surface area contributed by atoms with Crippen LogP contribution >= 0.6 is 0 Å². The summed E-state index contributed by atoms with van der Waals surface area (Å²) in [7, 11) is 0. The second-order valence-corrected chi connectivity index (χ2v) is 4.99. The minimum absolute atomic E-state index is 0.389. The molecular weight excluding hydrogens is 290 g/mol. The highest BCUT2D eigenvalue weighted by atomic mass is 16.6. The Labute approximate surface area is 134 Å². The van der Waals surface area contributed by atoms with Crippen LogP contribution in [0.4, 0.5) is 0 Å². The number of hydrogen-bond acceptors (Lipinski definition) is 5. The van der Waals surface area contributed by atoms with E-state index in [0.717, 1.165) is 16.8 Å². The fourth-order valence-corrected chi connectivity index (χ4v) is 2.06. The minimum atomic E-state index is 0.389.